The number of aromatic amines is 1. The Labute approximate surface area is 137 Å². The monoisotopic (exact) mass is 348 g/mol. The zero-order valence-electron chi connectivity index (χ0n) is 12.3. The molecular formula is C16H13FN2O4S. The van der Waals surface area contributed by atoms with E-state index in [1.54, 1.807) is 30.3 Å². The first-order valence-electron chi connectivity index (χ1n) is 7.06. The van der Waals surface area contributed by atoms with Crippen molar-refractivity contribution in [1.29, 1.82) is 0 Å². The highest BCUT2D eigenvalue weighted by Gasteiger charge is 2.25. The molecule has 124 valence electrons. The molecule has 2 N–H and O–H groups in total. The van der Waals surface area contributed by atoms with Crippen molar-refractivity contribution >= 4 is 15.7 Å². The summed E-state index contributed by atoms with van der Waals surface area (Å²) in [6.45, 7) is 0. The van der Waals surface area contributed by atoms with Gasteiger partial charge in [-0.15, -0.1) is 0 Å². The lowest BCUT2D eigenvalue weighted by Crippen LogP contribution is -2.38. The molecule has 0 fully saturated rings. The Morgan fingerprint density at radius 3 is 2.58 bits per heavy atom. The second kappa shape index (κ2) is 6.04. The molecule has 1 aliphatic heterocycles. The normalized spacial score (nSPS) is 18.5. The maximum atomic E-state index is 14.3. The molecule has 1 aromatic heterocycles. The summed E-state index contributed by atoms with van der Waals surface area (Å²) in [7, 11) is -3.34. The van der Waals surface area contributed by atoms with Crippen molar-refractivity contribution in [1.82, 2.24) is 10.3 Å². The van der Waals surface area contributed by atoms with E-state index in [0.717, 1.165) is 11.5 Å². The van der Waals surface area contributed by atoms with E-state index in [0.29, 0.717) is 5.56 Å². The second-order valence-corrected chi connectivity index (χ2v) is 7.27. The van der Waals surface area contributed by atoms with E-state index in [1.165, 1.54) is 6.08 Å². The van der Waals surface area contributed by atoms with Crippen LogP contribution in [0.2, 0.25) is 0 Å². The van der Waals surface area contributed by atoms with Crippen LogP contribution in [0.15, 0.2) is 52.7 Å². The third-order valence-electron chi connectivity index (χ3n) is 3.55. The molecule has 0 aliphatic carbocycles. The molecule has 3 rings (SSSR count). The molecule has 0 saturated carbocycles. The summed E-state index contributed by atoms with van der Waals surface area (Å²) in [5, 5.41) is 3.39. The van der Waals surface area contributed by atoms with Crippen LogP contribution in [0.3, 0.4) is 0 Å². The molecule has 1 amide bonds. The molecule has 1 aliphatic rings. The Balaban J connectivity index is 1.87. The second-order valence-electron chi connectivity index (χ2n) is 5.34. The van der Waals surface area contributed by atoms with Crippen LogP contribution in [0.5, 0.6) is 0 Å². The quantitative estimate of drug-likeness (QED) is 0.872. The number of halogens is 1. The van der Waals surface area contributed by atoms with Crippen molar-refractivity contribution in [3.63, 3.8) is 0 Å². The van der Waals surface area contributed by atoms with Crippen molar-refractivity contribution in [2.24, 2.45) is 0 Å². The number of carbonyl (C=O) groups is 1. The number of H-pyrrole nitrogens is 1. The maximum Gasteiger partial charge on any atom is 0.261 e. The predicted octanol–water partition coefficient (Wildman–Crippen LogP) is 1.22. The third kappa shape index (κ3) is 3.28. The van der Waals surface area contributed by atoms with Gasteiger partial charge < -0.3 is 10.3 Å². The molecule has 2 heterocycles. The van der Waals surface area contributed by atoms with Crippen LogP contribution in [0.25, 0.3) is 11.3 Å². The standard InChI is InChI=1S/C16H13FN2O4S/c17-13-8-12(15(20)18-11-6-7-24(22,23)9-11)16(21)19-14(13)10-4-2-1-3-5-10/h1-8,11H,9H2,(H,18,20)(H,19,21)/t11-/m1/s1. The van der Waals surface area contributed by atoms with Gasteiger partial charge in [-0.2, -0.15) is 0 Å². The van der Waals surface area contributed by atoms with Gasteiger partial charge >= 0.3 is 0 Å². The van der Waals surface area contributed by atoms with Crippen molar-refractivity contribution in [2.75, 3.05) is 5.75 Å². The molecule has 24 heavy (non-hydrogen) atoms. The number of amides is 1. The van der Waals surface area contributed by atoms with E-state index in [9.17, 15) is 22.4 Å². The van der Waals surface area contributed by atoms with Crippen molar-refractivity contribution in [3.8, 4) is 11.3 Å². The number of benzene rings is 1. The minimum atomic E-state index is -3.34. The van der Waals surface area contributed by atoms with Crippen molar-refractivity contribution < 1.29 is 17.6 Å². The highest BCUT2D eigenvalue weighted by molar-refractivity contribution is 7.94. The van der Waals surface area contributed by atoms with Gasteiger partial charge in [-0.05, 0) is 12.1 Å². The van der Waals surface area contributed by atoms with Gasteiger partial charge in [0.2, 0.25) is 0 Å². The van der Waals surface area contributed by atoms with Crippen LogP contribution in [0.4, 0.5) is 4.39 Å². The molecule has 0 saturated heterocycles. The summed E-state index contributed by atoms with van der Waals surface area (Å²) in [4.78, 5) is 26.5. The Morgan fingerprint density at radius 2 is 1.96 bits per heavy atom. The third-order valence-corrected chi connectivity index (χ3v) is 4.94. The number of sulfone groups is 1. The topological polar surface area (TPSA) is 96.1 Å². The van der Waals surface area contributed by atoms with Crippen LogP contribution in [-0.2, 0) is 9.84 Å². The van der Waals surface area contributed by atoms with Gasteiger partial charge in [0.1, 0.15) is 11.4 Å². The summed E-state index contributed by atoms with van der Waals surface area (Å²) in [6.07, 6.45) is 1.32. The van der Waals surface area contributed by atoms with Gasteiger partial charge in [0.05, 0.1) is 17.5 Å². The fourth-order valence-corrected chi connectivity index (χ4v) is 3.64. The Hall–Kier alpha value is -2.74. The van der Waals surface area contributed by atoms with Crippen LogP contribution < -0.4 is 10.9 Å². The van der Waals surface area contributed by atoms with Gasteiger partial charge in [0.25, 0.3) is 11.5 Å². The smallest absolute Gasteiger partial charge is 0.261 e. The summed E-state index contributed by atoms with van der Waals surface area (Å²) in [5.74, 6) is -1.86. The Morgan fingerprint density at radius 1 is 1.25 bits per heavy atom. The van der Waals surface area contributed by atoms with Crippen molar-refractivity contribution in [3.05, 3.63) is 69.6 Å². The molecule has 1 aromatic carbocycles. The highest BCUT2D eigenvalue weighted by atomic mass is 32.2. The van der Waals surface area contributed by atoms with Crippen LogP contribution in [-0.4, -0.2) is 31.1 Å². The lowest BCUT2D eigenvalue weighted by Gasteiger charge is -2.10. The average Bonchev–Trinajstić information content (AvgIpc) is 2.88. The van der Waals surface area contributed by atoms with Crippen LogP contribution in [0, 0.1) is 5.82 Å². The Bertz CT molecular complexity index is 981. The molecule has 1 atom stereocenters. The van der Waals surface area contributed by atoms with Crippen molar-refractivity contribution in [2.45, 2.75) is 6.04 Å². The van der Waals surface area contributed by atoms with E-state index >= 15 is 0 Å². The average molecular weight is 348 g/mol. The van der Waals surface area contributed by atoms with Gasteiger partial charge in [0, 0.05) is 11.0 Å². The maximum absolute atomic E-state index is 14.3. The summed E-state index contributed by atoms with van der Waals surface area (Å²) >= 11 is 0. The zero-order valence-corrected chi connectivity index (χ0v) is 13.1. The summed E-state index contributed by atoms with van der Waals surface area (Å²) in [6, 6.07) is 8.51. The SMILES string of the molecule is O=C(N[C@@H]1C=CS(=O)(=O)C1)c1cc(F)c(-c2ccccc2)[nH]c1=O. The van der Waals surface area contributed by atoms with Gasteiger partial charge in [-0.25, -0.2) is 12.8 Å². The molecule has 6 nitrogen and oxygen atoms in total. The molecule has 0 spiro atoms. The van der Waals surface area contributed by atoms with Crippen LogP contribution >= 0.6 is 0 Å². The minimum absolute atomic E-state index is 0.0134. The van der Waals surface area contributed by atoms with Crippen LogP contribution in [0.1, 0.15) is 10.4 Å². The number of nitrogens with one attached hydrogen (secondary N) is 2. The van der Waals surface area contributed by atoms with E-state index in [1.807, 2.05) is 0 Å². The molecule has 0 radical (unpaired) electrons. The van der Waals surface area contributed by atoms with E-state index in [4.69, 9.17) is 0 Å². The first-order valence-corrected chi connectivity index (χ1v) is 8.77. The fraction of sp³-hybridized carbons (Fsp3) is 0.125. The van der Waals surface area contributed by atoms with Gasteiger partial charge in [-0.1, -0.05) is 30.3 Å². The first kappa shape index (κ1) is 16.1. The van der Waals surface area contributed by atoms with Gasteiger partial charge in [-0.3, -0.25) is 9.59 Å². The summed E-state index contributed by atoms with van der Waals surface area (Å²) in [5.41, 5.74) is -0.702. The molecule has 2 aromatic rings. The van der Waals surface area contributed by atoms with E-state index in [2.05, 4.69) is 10.3 Å². The van der Waals surface area contributed by atoms with E-state index < -0.39 is 38.7 Å². The minimum Gasteiger partial charge on any atom is -0.345 e. The number of aromatic nitrogens is 1. The molecular weight excluding hydrogens is 335 g/mol. The number of rotatable bonds is 3. The highest BCUT2D eigenvalue weighted by Crippen LogP contribution is 2.19. The van der Waals surface area contributed by atoms with Gasteiger partial charge in [0.15, 0.2) is 9.84 Å². The zero-order chi connectivity index (χ0) is 17.3. The van der Waals surface area contributed by atoms with E-state index in [-0.39, 0.29) is 11.4 Å². The predicted molar refractivity (Wildman–Crippen MR) is 86.6 cm³/mol. The lowest BCUT2D eigenvalue weighted by atomic mass is 10.1. The molecule has 8 heteroatoms. The molecule has 0 bridgehead atoms. The Kier molecular flexibility index (Phi) is 4.06. The largest absolute Gasteiger partial charge is 0.345 e. The lowest BCUT2D eigenvalue weighted by molar-refractivity contribution is 0.0945. The number of pyridine rings is 1. The molecule has 0 unspecified atom stereocenters. The fourth-order valence-electron chi connectivity index (χ4n) is 2.40. The number of carbonyl (C=O) groups excluding carboxylic acids is 1. The number of hydrogen-bond acceptors (Lipinski definition) is 4. The number of hydrogen-bond donors (Lipinski definition) is 2. The first-order chi connectivity index (χ1) is 11.4. The summed E-state index contributed by atoms with van der Waals surface area (Å²) < 4.78 is 36.9.